The molecule has 4 nitrogen and oxygen atoms in total. The van der Waals surface area contributed by atoms with Gasteiger partial charge in [-0.05, 0) is 18.9 Å². The van der Waals surface area contributed by atoms with E-state index < -0.39 is 0 Å². The van der Waals surface area contributed by atoms with Gasteiger partial charge in [-0.1, -0.05) is 0 Å². The van der Waals surface area contributed by atoms with Crippen LogP contribution in [0.25, 0.3) is 0 Å². The second-order valence-electron chi connectivity index (χ2n) is 3.98. The lowest BCUT2D eigenvalue weighted by Gasteiger charge is -2.27. The van der Waals surface area contributed by atoms with Gasteiger partial charge in [-0.15, -0.1) is 0 Å². The third kappa shape index (κ3) is 2.97. The van der Waals surface area contributed by atoms with E-state index in [9.17, 15) is 0 Å². The zero-order valence-electron chi connectivity index (χ0n) is 9.24. The van der Waals surface area contributed by atoms with Gasteiger partial charge in [0.05, 0.1) is 0 Å². The molecule has 4 heteroatoms. The van der Waals surface area contributed by atoms with Crippen LogP contribution in [-0.4, -0.2) is 47.6 Å². The highest BCUT2D eigenvalue weighted by molar-refractivity contribution is 5.14. The highest BCUT2D eigenvalue weighted by Crippen LogP contribution is 2.04. The molecule has 1 aromatic rings. The highest BCUT2D eigenvalue weighted by atomic mass is 15.2. The summed E-state index contributed by atoms with van der Waals surface area (Å²) >= 11 is 0. The SMILES string of the molecule is Cc1ncncc1CCN1CCNCC1. The largest absolute Gasteiger partial charge is 0.314 e. The summed E-state index contributed by atoms with van der Waals surface area (Å²) in [4.78, 5) is 10.8. The summed E-state index contributed by atoms with van der Waals surface area (Å²) in [5.41, 5.74) is 2.39. The Morgan fingerprint density at radius 1 is 1.40 bits per heavy atom. The van der Waals surface area contributed by atoms with Crippen LogP contribution in [0.1, 0.15) is 11.3 Å². The third-order valence-corrected chi connectivity index (χ3v) is 2.92. The molecule has 1 aliphatic rings. The lowest BCUT2D eigenvalue weighted by atomic mass is 10.1. The van der Waals surface area contributed by atoms with Gasteiger partial charge in [0.25, 0.3) is 0 Å². The van der Waals surface area contributed by atoms with Crippen LogP contribution < -0.4 is 5.32 Å². The van der Waals surface area contributed by atoms with Gasteiger partial charge in [0.15, 0.2) is 0 Å². The van der Waals surface area contributed by atoms with E-state index in [-0.39, 0.29) is 0 Å². The zero-order chi connectivity index (χ0) is 10.5. The fourth-order valence-corrected chi connectivity index (χ4v) is 1.88. The number of aromatic nitrogens is 2. The van der Waals surface area contributed by atoms with Gasteiger partial charge in [0, 0.05) is 44.6 Å². The van der Waals surface area contributed by atoms with Crippen molar-refractivity contribution in [3.8, 4) is 0 Å². The topological polar surface area (TPSA) is 41.1 Å². The first-order valence-electron chi connectivity index (χ1n) is 5.55. The van der Waals surface area contributed by atoms with E-state index in [1.165, 1.54) is 5.56 Å². The second-order valence-corrected chi connectivity index (χ2v) is 3.98. The quantitative estimate of drug-likeness (QED) is 0.769. The number of nitrogens with zero attached hydrogens (tertiary/aromatic N) is 3. The molecule has 1 saturated heterocycles. The average Bonchev–Trinajstić information content (AvgIpc) is 2.29. The summed E-state index contributed by atoms with van der Waals surface area (Å²) in [6.45, 7) is 7.72. The van der Waals surface area contributed by atoms with Gasteiger partial charge in [0.2, 0.25) is 0 Å². The predicted molar refractivity (Wildman–Crippen MR) is 59.8 cm³/mol. The summed E-state index contributed by atoms with van der Waals surface area (Å²) in [5, 5.41) is 3.36. The van der Waals surface area contributed by atoms with Crippen molar-refractivity contribution < 1.29 is 0 Å². The molecular formula is C11H18N4. The minimum atomic E-state index is 1.06. The Bertz CT molecular complexity index is 307. The first-order chi connectivity index (χ1) is 7.36. The Labute approximate surface area is 90.7 Å². The van der Waals surface area contributed by atoms with Crippen molar-refractivity contribution in [3.63, 3.8) is 0 Å². The van der Waals surface area contributed by atoms with Crippen molar-refractivity contribution in [2.75, 3.05) is 32.7 Å². The molecule has 0 amide bonds. The Morgan fingerprint density at radius 2 is 2.20 bits per heavy atom. The number of piperazine rings is 1. The van der Waals surface area contributed by atoms with Crippen molar-refractivity contribution in [3.05, 3.63) is 23.8 Å². The van der Waals surface area contributed by atoms with Crippen LogP contribution in [0.15, 0.2) is 12.5 Å². The minimum absolute atomic E-state index is 1.06. The van der Waals surface area contributed by atoms with Crippen LogP contribution in [0.2, 0.25) is 0 Å². The molecule has 0 aliphatic carbocycles. The van der Waals surface area contributed by atoms with E-state index in [1.54, 1.807) is 6.33 Å². The Balaban J connectivity index is 1.84. The molecule has 2 rings (SSSR count). The van der Waals surface area contributed by atoms with Crippen LogP contribution in [0.5, 0.6) is 0 Å². The molecule has 1 fully saturated rings. The fraction of sp³-hybridized carbons (Fsp3) is 0.636. The van der Waals surface area contributed by atoms with Crippen LogP contribution in [-0.2, 0) is 6.42 Å². The second kappa shape index (κ2) is 5.19. The maximum absolute atomic E-state index is 4.20. The molecule has 0 bridgehead atoms. The Kier molecular flexibility index (Phi) is 3.64. The molecule has 0 saturated carbocycles. The van der Waals surface area contributed by atoms with E-state index >= 15 is 0 Å². The molecule has 0 aromatic carbocycles. The van der Waals surface area contributed by atoms with Gasteiger partial charge < -0.3 is 10.2 Å². The molecule has 2 heterocycles. The first kappa shape index (κ1) is 10.5. The molecule has 0 atom stereocenters. The van der Waals surface area contributed by atoms with Crippen molar-refractivity contribution in [2.45, 2.75) is 13.3 Å². The molecule has 1 aromatic heterocycles. The van der Waals surface area contributed by atoms with Crippen LogP contribution in [0, 0.1) is 6.92 Å². The van der Waals surface area contributed by atoms with Crippen molar-refractivity contribution in [2.24, 2.45) is 0 Å². The number of hydrogen-bond acceptors (Lipinski definition) is 4. The average molecular weight is 206 g/mol. The van der Waals surface area contributed by atoms with E-state index in [1.807, 2.05) is 6.20 Å². The summed E-state index contributed by atoms with van der Waals surface area (Å²) in [5.74, 6) is 0. The highest BCUT2D eigenvalue weighted by Gasteiger charge is 2.09. The molecule has 0 spiro atoms. The summed E-state index contributed by atoms with van der Waals surface area (Å²) in [6.07, 6.45) is 4.61. The van der Waals surface area contributed by atoms with Crippen LogP contribution in [0.3, 0.4) is 0 Å². The van der Waals surface area contributed by atoms with Crippen LogP contribution in [0.4, 0.5) is 0 Å². The van der Waals surface area contributed by atoms with Gasteiger partial charge >= 0.3 is 0 Å². The fourth-order valence-electron chi connectivity index (χ4n) is 1.88. The standard InChI is InChI=1S/C11H18N4/c1-10-11(8-13-9-14-10)2-5-15-6-3-12-4-7-15/h8-9,12H,2-7H2,1H3. The number of hydrogen-bond donors (Lipinski definition) is 1. The van der Waals surface area contributed by atoms with E-state index in [0.29, 0.717) is 0 Å². The van der Waals surface area contributed by atoms with Gasteiger partial charge in [-0.3, -0.25) is 0 Å². The zero-order valence-corrected chi connectivity index (χ0v) is 9.24. The maximum atomic E-state index is 4.20. The van der Waals surface area contributed by atoms with Gasteiger partial charge in [-0.25, -0.2) is 9.97 Å². The predicted octanol–water partition coefficient (Wildman–Crippen LogP) is 0.233. The van der Waals surface area contributed by atoms with E-state index in [2.05, 4.69) is 27.1 Å². The Hall–Kier alpha value is -1.00. The lowest BCUT2D eigenvalue weighted by Crippen LogP contribution is -2.44. The van der Waals surface area contributed by atoms with E-state index in [4.69, 9.17) is 0 Å². The smallest absolute Gasteiger partial charge is 0.115 e. The third-order valence-electron chi connectivity index (χ3n) is 2.92. The summed E-state index contributed by atoms with van der Waals surface area (Å²) in [6, 6.07) is 0. The van der Waals surface area contributed by atoms with Gasteiger partial charge in [-0.2, -0.15) is 0 Å². The molecule has 82 valence electrons. The molecule has 15 heavy (non-hydrogen) atoms. The van der Waals surface area contributed by atoms with Crippen molar-refractivity contribution in [1.29, 1.82) is 0 Å². The number of aryl methyl sites for hydroxylation is 1. The monoisotopic (exact) mass is 206 g/mol. The summed E-state index contributed by atoms with van der Waals surface area (Å²) in [7, 11) is 0. The Morgan fingerprint density at radius 3 is 2.93 bits per heavy atom. The van der Waals surface area contributed by atoms with Crippen molar-refractivity contribution in [1.82, 2.24) is 20.2 Å². The summed E-state index contributed by atoms with van der Waals surface area (Å²) < 4.78 is 0. The van der Waals surface area contributed by atoms with Gasteiger partial charge in [0.1, 0.15) is 6.33 Å². The normalized spacial score (nSPS) is 17.9. The van der Waals surface area contributed by atoms with Crippen molar-refractivity contribution >= 4 is 0 Å². The number of rotatable bonds is 3. The van der Waals surface area contributed by atoms with E-state index in [0.717, 1.165) is 44.8 Å². The number of nitrogens with one attached hydrogen (secondary N) is 1. The molecule has 0 unspecified atom stereocenters. The lowest BCUT2D eigenvalue weighted by molar-refractivity contribution is 0.243. The molecule has 1 aliphatic heterocycles. The maximum Gasteiger partial charge on any atom is 0.115 e. The molecular weight excluding hydrogens is 188 g/mol. The molecule has 0 radical (unpaired) electrons. The minimum Gasteiger partial charge on any atom is -0.314 e. The molecule has 1 N–H and O–H groups in total. The first-order valence-corrected chi connectivity index (χ1v) is 5.55. The van der Waals surface area contributed by atoms with Crippen LogP contribution >= 0.6 is 0 Å².